The standard InChI is InChI=1S/C61H74O6S2/c1-5-31-61(32-6-2)53-37-47(57-29-27-55(68-57)45-15-21-49(22-16-45)66-35-13-9-7-11-33-62-39-59(3)41-64-42-59)19-25-51(53)52-26-20-48(38-54(52)61)58-30-28-56(69-58)46-17-23-50(24-18-46)67-36-14-10-8-12-34-63-40-60(4)43-65-44-60/h15-30,37-38H,5-14,31-36,39-44H2,1-4H3. The van der Waals surface area contributed by atoms with E-state index in [1.165, 1.54) is 76.9 Å². The SMILES string of the molecule is CCCC1(CCC)c2cc(-c3ccc(-c4ccc(OCCCCCCOCC5(C)COC5)cc4)s3)ccc2-c2ccc(-c3ccc(-c4ccc(OCCCCCCOCC5(C)COC5)cc4)s3)cc21. The van der Waals surface area contributed by atoms with Crippen LogP contribution in [-0.4, -0.2) is 66.1 Å². The molecule has 3 aliphatic rings. The molecular weight excluding hydrogens is 893 g/mol. The van der Waals surface area contributed by atoms with Crippen molar-refractivity contribution < 1.29 is 28.4 Å². The maximum atomic E-state index is 6.13. The molecule has 0 amide bonds. The van der Waals surface area contributed by atoms with Gasteiger partial charge in [0.25, 0.3) is 0 Å². The van der Waals surface area contributed by atoms with Crippen LogP contribution in [0.25, 0.3) is 52.9 Å². The molecule has 0 bridgehead atoms. The summed E-state index contributed by atoms with van der Waals surface area (Å²) in [5.74, 6) is 1.88. The Hall–Kier alpha value is -4.28. The van der Waals surface area contributed by atoms with Gasteiger partial charge in [-0.3, -0.25) is 0 Å². The lowest BCUT2D eigenvalue weighted by Gasteiger charge is -2.37. The maximum Gasteiger partial charge on any atom is 0.119 e. The fourth-order valence-corrected chi connectivity index (χ4v) is 12.5. The summed E-state index contributed by atoms with van der Waals surface area (Å²) in [7, 11) is 0. The predicted octanol–water partition coefficient (Wildman–Crippen LogP) is 16.3. The molecule has 0 N–H and O–H groups in total. The van der Waals surface area contributed by atoms with E-state index in [0.717, 1.165) is 142 Å². The fraction of sp³-hybridized carbons (Fsp3) is 0.475. The van der Waals surface area contributed by atoms with Crippen LogP contribution in [0.1, 0.15) is 116 Å². The molecule has 0 unspecified atom stereocenters. The average Bonchev–Trinajstić information content (AvgIpc) is 4.11. The van der Waals surface area contributed by atoms with Crippen LogP contribution in [0.3, 0.4) is 0 Å². The monoisotopic (exact) mass is 966 g/mol. The first-order valence-electron chi connectivity index (χ1n) is 26.0. The van der Waals surface area contributed by atoms with Crippen molar-refractivity contribution in [3.8, 4) is 64.4 Å². The minimum atomic E-state index is -0.0113. The second kappa shape index (κ2) is 23.3. The van der Waals surface area contributed by atoms with Gasteiger partial charge in [-0.05, 0) is 181 Å². The van der Waals surface area contributed by atoms with Gasteiger partial charge in [0.1, 0.15) is 11.5 Å². The summed E-state index contributed by atoms with van der Waals surface area (Å²) in [5, 5.41) is 0. The molecule has 4 aromatic carbocycles. The van der Waals surface area contributed by atoms with Gasteiger partial charge in [-0.1, -0.05) is 77.6 Å². The van der Waals surface area contributed by atoms with Gasteiger partial charge in [-0.25, -0.2) is 0 Å². The van der Waals surface area contributed by atoms with Crippen molar-refractivity contribution in [2.75, 3.05) is 66.1 Å². The van der Waals surface area contributed by atoms with Crippen molar-refractivity contribution in [1.82, 2.24) is 0 Å². The van der Waals surface area contributed by atoms with Gasteiger partial charge in [0.05, 0.1) is 52.9 Å². The number of unbranched alkanes of at least 4 members (excludes halogenated alkanes) is 6. The molecule has 0 spiro atoms. The fourth-order valence-electron chi connectivity index (χ4n) is 10.5. The van der Waals surface area contributed by atoms with Crippen LogP contribution in [-0.2, 0) is 24.4 Å². The molecule has 2 fully saturated rings. The van der Waals surface area contributed by atoms with E-state index in [0.29, 0.717) is 0 Å². The van der Waals surface area contributed by atoms with E-state index >= 15 is 0 Å². The summed E-state index contributed by atoms with van der Waals surface area (Å²) < 4.78 is 34.7. The smallest absolute Gasteiger partial charge is 0.119 e. The number of fused-ring (bicyclic) bond motifs is 3. The van der Waals surface area contributed by atoms with E-state index in [2.05, 4.69) is 137 Å². The zero-order valence-electron chi connectivity index (χ0n) is 41.7. The number of thiophene rings is 2. The summed E-state index contributed by atoms with van der Waals surface area (Å²) >= 11 is 3.76. The molecular formula is C61H74O6S2. The van der Waals surface area contributed by atoms with Gasteiger partial charge < -0.3 is 28.4 Å². The Labute approximate surface area is 420 Å². The lowest BCUT2D eigenvalue weighted by atomic mass is 9.71. The summed E-state index contributed by atoms with van der Waals surface area (Å²) in [5.41, 5.74) is 11.3. The van der Waals surface area contributed by atoms with Crippen LogP contribution in [0.2, 0.25) is 0 Å². The van der Waals surface area contributed by atoms with Crippen molar-refractivity contribution in [3.63, 3.8) is 0 Å². The number of benzene rings is 4. The van der Waals surface area contributed by atoms with Crippen LogP contribution < -0.4 is 9.47 Å². The summed E-state index contributed by atoms with van der Waals surface area (Å²) in [6.45, 7) is 17.3. The maximum absolute atomic E-state index is 6.13. The lowest BCUT2D eigenvalue weighted by Crippen LogP contribution is -2.43. The average molecular weight is 967 g/mol. The van der Waals surface area contributed by atoms with E-state index < -0.39 is 0 Å². The molecule has 0 saturated carbocycles. The van der Waals surface area contributed by atoms with Crippen molar-refractivity contribution in [2.45, 2.75) is 110 Å². The molecule has 2 aliphatic heterocycles. The minimum absolute atomic E-state index is 0.0113. The van der Waals surface area contributed by atoms with Gasteiger partial charge in [0.2, 0.25) is 0 Å². The van der Waals surface area contributed by atoms with Gasteiger partial charge in [-0.15, -0.1) is 22.7 Å². The molecule has 366 valence electrons. The van der Waals surface area contributed by atoms with E-state index in [1.807, 2.05) is 22.7 Å². The molecule has 1 aliphatic carbocycles. The summed E-state index contributed by atoms with van der Waals surface area (Å²) in [4.78, 5) is 5.18. The Kier molecular flexibility index (Phi) is 16.8. The van der Waals surface area contributed by atoms with Gasteiger partial charge in [0, 0.05) is 49.0 Å². The molecule has 2 aromatic heterocycles. The largest absolute Gasteiger partial charge is 0.494 e. The van der Waals surface area contributed by atoms with E-state index in [-0.39, 0.29) is 16.2 Å². The second-order valence-corrected chi connectivity index (χ2v) is 22.9. The Morgan fingerprint density at radius 1 is 0.435 bits per heavy atom. The summed E-state index contributed by atoms with van der Waals surface area (Å²) in [6, 6.07) is 41.1. The van der Waals surface area contributed by atoms with Crippen molar-refractivity contribution in [2.24, 2.45) is 10.8 Å². The van der Waals surface area contributed by atoms with Crippen molar-refractivity contribution in [3.05, 3.63) is 120 Å². The van der Waals surface area contributed by atoms with Crippen LogP contribution in [0, 0.1) is 10.8 Å². The molecule has 2 saturated heterocycles. The molecule has 9 rings (SSSR count). The third kappa shape index (κ3) is 12.1. The number of rotatable bonds is 28. The van der Waals surface area contributed by atoms with E-state index in [4.69, 9.17) is 28.4 Å². The molecule has 6 aromatic rings. The molecule has 6 nitrogen and oxygen atoms in total. The van der Waals surface area contributed by atoms with Gasteiger partial charge >= 0.3 is 0 Å². The summed E-state index contributed by atoms with van der Waals surface area (Å²) in [6.07, 6.45) is 13.5. The van der Waals surface area contributed by atoms with Crippen LogP contribution >= 0.6 is 22.7 Å². The quantitative estimate of drug-likeness (QED) is 0.0457. The first-order valence-corrected chi connectivity index (χ1v) is 27.7. The van der Waals surface area contributed by atoms with Crippen molar-refractivity contribution >= 4 is 22.7 Å². The normalized spacial score (nSPS) is 16.1. The number of ether oxygens (including phenoxy) is 6. The molecule has 0 atom stereocenters. The molecule has 8 heteroatoms. The number of hydrogen-bond acceptors (Lipinski definition) is 8. The highest BCUT2D eigenvalue weighted by Crippen LogP contribution is 2.56. The highest BCUT2D eigenvalue weighted by atomic mass is 32.1. The molecule has 0 radical (unpaired) electrons. The zero-order valence-corrected chi connectivity index (χ0v) is 43.3. The Morgan fingerprint density at radius 2 is 0.797 bits per heavy atom. The lowest BCUT2D eigenvalue weighted by molar-refractivity contribution is -0.138. The van der Waals surface area contributed by atoms with E-state index in [9.17, 15) is 0 Å². The van der Waals surface area contributed by atoms with E-state index in [1.54, 1.807) is 0 Å². The molecule has 69 heavy (non-hydrogen) atoms. The highest BCUT2D eigenvalue weighted by Gasteiger charge is 2.42. The third-order valence-electron chi connectivity index (χ3n) is 14.4. The number of hydrogen-bond donors (Lipinski definition) is 0. The topological polar surface area (TPSA) is 55.4 Å². The zero-order chi connectivity index (χ0) is 47.5. The third-order valence-corrected chi connectivity index (χ3v) is 16.7. The second-order valence-electron chi connectivity index (χ2n) is 20.7. The van der Waals surface area contributed by atoms with Crippen molar-refractivity contribution in [1.29, 1.82) is 0 Å². The van der Waals surface area contributed by atoms with Crippen LogP contribution in [0.5, 0.6) is 11.5 Å². The predicted molar refractivity (Wildman–Crippen MR) is 287 cm³/mol. The Bertz CT molecular complexity index is 2370. The first kappa shape index (κ1) is 49.7. The van der Waals surface area contributed by atoms with Gasteiger partial charge in [0.15, 0.2) is 0 Å². The first-order chi connectivity index (χ1) is 33.8. The highest BCUT2D eigenvalue weighted by molar-refractivity contribution is 7.19. The van der Waals surface area contributed by atoms with Gasteiger partial charge in [-0.2, -0.15) is 0 Å². The van der Waals surface area contributed by atoms with Crippen LogP contribution in [0.15, 0.2) is 109 Å². The van der Waals surface area contributed by atoms with Crippen LogP contribution in [0.4, 0.5) is 0 Å². The molecule has 4 heterocycles. The minimum Gasteiger partial charge on any atom is -0.494 e. The Morgan fingerprint density at radius 3 is 1.16 bits per heavy atom. The Balaban J connectivity index is 0.787.